The van der Waals surface area contributed by atoms with Gasteiger partial charge in [-0.2, -0.15) is 0 Å². The summed E-state index contributed by atoms with van der Waals surface area (Å²) >= 11 is 0. The Morgan fingerprint density at radius 3 is 1.62 bits per heavy atom. The summed E-state index contributed by atoms with van der Waals surface area (Å²) in [5.41, 5.74) is 0.147. The Morgan fingerprint density at radius 1 is 0.654 bits per heavy atom. The van der Waals surface area contributed by atoms with Gasteiger partial charge in [0, 0.05) is 18.9 Å². The number of allylic oxidation sites excluding steroid dienone is 4. The first-order valence-electron chi connectivity index (χ1n) is 27.1. The van der Waals surface area contributed by atoms with Crippen molar-refractivity contribution in [3.63, 3.8) is 0 Å². The third kappa shape index (κ3) is 17.9. The average Bonchev–Trinajstić information content (AvgIpc) is 3.40. The molecule has 11 nitrogen and oxygen atoms in total. The van der Waals surface area contributed by atoms with Gasteiger partial charge in [0.1, 0.15) is 23.7 Å². The summed E-state index contributed by atoms with van der Waals surface area (Å²) in [4.78, 5) is 12.6. The number of phosphoric ester groups is 1. The molecule has 4 aromatic rings. The molecule has 0 unspecified atom stereocenters. The fraction of sp³-hybridized carbons (Fsp3) is 0.444. The SMILES string of the molecule is COc1ccc(COP(=O)(OCc2ccc(OC)cc2)O[C@H](C[C@H](\C=C/C=C\C=C/CO[Si](c2ccccc2)(c2ccccc2)C(C)(C)C)O[Si](C)(C)C(C)(C)C)[C@@](C)(/C=C/[C@H]2CC=CC(=O)O2)O[Si](C)(C)C(C)(C)C)cc1. The second kappa shape index (κ2) is 27.6. The molecule has 0 saturated heterocycles. The van der Waals surface area contributed by atoms with Crippen molar-refractivity contribution < 1.29 is 50.4 Å². The predicted octanol–water partition coefficient (Wildman–Crippen LogP) is 15.2. The summed E-state index contributed by atoms with van der Waals surface area (Å²) in [6, 6.07) is 35.9. The van der Waals surface area contributed by atoms with Gasteiger partial charge in [-0.3, -0.25) is 13.6 Å². The standard InChI is InChI=1S/C63H89O11PSi3/c1-60(2,3)76(13,14)73-55(29-22-18-17-19-27-46-70-78(62(7,8)9,56-31-23-20-24-32-56)57-33-25-21-26-34-57)47-58(63(10,74-77(15,16)61(4,5)6)45-44-54-30-28-35-59(64)71-54)72-75(65,68-48-50-36-40-52(66-11)41-37-50)69-49-51-38-42-53(67-12)43-39-51/h17-29,31-45,54-55,58H,30,46-49H2,1-16H3/b18-17-,27-19-,29-22-,45-44+/t54-,55+,58-,63-/m1/s1. The number of ether oxygens (including phenoxy) is 3. The molecular weight excluding hydrogens is 1050 g/mol. The van der Waals surface area contributed by atoms with Crippen LogP contribution in [0.4, 0.5) is 0 Å². The number of cyclic esters (lactones) is 1. The molecule has 4 atom stereocenters. The molecule has 0 radical (unpaired) electrons. The molecule has 0 fully saturated rings. The molecular formula is C63H89O11PSi3. The Balaban J connectivity index is 1.58. The van der Waals surface area contributed by atoms with Crippen LogP contribution in [0.1, 0.15) is 93.2 Å². The first-order valence-corrected chi connectivity index (χ1v) is 36.3. The van der Waals surface area contributed by atoms with Crippen LogP contribution < -0.4 is 19.8 Å². The zero-order chi connectivity index (χ0) is 57.5. The number of carbonyl (C=O) groups is 1. The first-order chi connectivity index (χ1) is 36.6. The van der Waals surface area contributed by atoms with Gasteiger partial charge in [-0.25, -0.2) is 9.36 Å². The first kappa shape index (κ1) is 64.1. The van der Waals surface area contributed by atoms with E-state index in [1.165, 1.54) is 16.4 Å². The van der Waals surface area contributed by atoms with E-state index in [0.717, 1.165) is 11.1 Å². The lowest BCUT2D eigenvalue weighted by Crippen LogP contribution is -2.66. The van der Waals surface area contributed by atoms with E-state index in [-0.39, 0.29) is 34.7 Å². The quantitative estimate of drug-likeness (QED) is 0.0187. The predicted molar refractivity (Wildman–Crippen MR) is 325 cm³/mol. The van der Waals surface area contributed by atoms with Crippen LogP contribution in [0.2, 0.25) is 41.3 Å². The lowest BCUT2D eigenvalue weighted by atomic mass is 9.93. The monoisotopic (exact) mass is 1140 g/mol. The summed E-state index contributed by atoms with van der Waals surface area (Å²) < 4.78 is 74.0. The summed E-state index contributed by atoms with van der Waals surface area (Å²) in [7, 11) is -9.25. The maximum absolute atomic E-state index is 15.7. The highest BCUT2D eigenvalue weighted by atomic mass is 31.2. The smallest absolute Gasteiger partial charge is 0.475 e. The molecule has 15 heteroatoms. The van der Waals surface area contributed by atoms with Gasteiger partial charge in [-0.1, -0.05) is 196 Å². The zero-order valence-corrected chi connectivity index (χ0v) is 53.3. The van der Waals surface area contributed by atoms with Crippen molar-refractivity contribution >= 4 is 49.1 Å². The molecule has 0 amide bonds. The fourth-order valence-corrected chi connectivity index (χ4v) is 17.4. The summed E-state index contributed by atoms with van der Waals surface area (Å²) in [5, 5.41) is 1.88. The minimum absolute atomic E-state index is 0.0956. The van der Waals surface area contributed by atoms with Crippen molar-refractivity contribution in [1.29, 1.82) is 0 Å². The Kier molecular flexibility index (Phi) is 22.7. The second-order valence-electron chi connectivity index (χ2n) is 24.1. The van der Waals surface area contributed by atoms with E-state index in [0.29, 0.717) is 24.5 Å². The van der Waals surface area contributed by atoms with Gasteiger partial charge in [0.25, 0.3) is 8.32 Å². The van der Waals surface area contributed by atoms with Gasteiger partial charge in [0.15, 0.2) is 16.6 Å². The molecule has 424 valence electrons. The molecule has 1 aliphatic rings. The van der Waals surface area contributed by atoms with Crippen molar-refractivity contribution in [2.45, 2.75) is 161 Å². The highest BCUT2D eigenvalue weighted by Crippen LogP contribution is 2.55. The van der Waals surface area contributed by atoms with Gasteiger partial charge in [-0.15, -0.1) is 0 Å². The number of esters is 1. The van der Waals surface area contributed by atoms with Crippen LogP contribution in [0.25, 0.3) is 0 Å². The third-order valence-electron chi connectivity index (χ3n) is 15.1. The van der Waals surface area contributed by atoms with Crippen LogP contribution in [0.15, 0.2) is 170 Å². The number of phosphoric acid groups is 1. The van der Waals surface area contributed by atoms with Crippen LogP contribution in [0, 0.1) is 0 Å². The zero-order valence-electron chi connectivity index (χ0n) is 49.4. The van der Waals surface area contributed by atoms with Gasteiger partial charge in [-0.05, 0) is 100 Å². The molecule has 5 rings (SSSR count). The molecule has 0 aromatic heterocycles. The van der Waals surface area contributed by atoms with Crippen molar-refractivity contribution in [3.8, 4) is 11.5 Å². The molecule has 0 aliphatic carbocycles. The van der Waals surface area contributed by atoms with Gasteiger partial charge in [0.05, 0.1) is 45.7 Å². The van der Waals surface area contributed by atoms with Crippen LogP contribution in [-0.2, 0) is 54.2 Å². The number of rotatable bonds is 27. The lowest BCUT2D eigenvalue weighted by Gasteiger charge is -2.47. The minimum Gasteiger partial charge on any atom is -0.497 e. The molecule has 0 spiro atoms. The summed E-state index contributed by atoms with van der Waals surface area (Å²) in [5.74, 6) is 0.915. The van der Waals surface area contributed by atoms with E-state index in [4.69, 9.17) is 41.1 Å². The second-order valence-corrected chi connectivity index (χ2v) is 39.5. The van der Waals surface area contributed by atoms with Crippen molar-refractivity contribution in [2.75, 3.05) is 20.8 Å². The van der Waals surface area contributed by atoms with E-state index >= 15 is 4.57 Å². The number of hydrogen-bond acceptors (Lipinski definition) is 11. The molecule has 4 aromatic carbocycles. The van der Waals surface area contributed by atoms with Crippen LogP contribution in [0.3, 0.4) is 0 Å². The van der Waals surface area contributed by atoms with E-state index in [1.807, 2.05) is 98.0 Å². The van der Waals surface area contributed by atoms with E-state index in [9.17, 15) is 4.79 Å². The number of carbonyl (C=O) groups excluding carboxylic acids is 1. The number of benzene rings is 4. The lowest BCUT2D eigenvalue weighted by molar-refractivity contribution is -0.141. The maximum atomic E-state index is 15.7. The summed E-state index contributed by atoms with van der Waals surface area (Å²) in [6.07, 6.45) is 17.5. The Labute approximate surface area is 471 Å². The Morgan fingerprint density at radius 2 is 1.15 bits per heavy atom. The molecule has 0 saturated carbocycles. The minimum atomic E-state index is -4.52. The number of hydrogen-bond donors (Lipinski definition) is 0. The largest absolute Gasteiger partial charge is 0.497 e. The number of methoxy groups -OCH3 is 2. The van der Waals surface area contributed by atoms with E-state index in [1.54, 1.807) is 20.3 Å². The molecule has 78 heavy (non-hydrogen) atoms. The summed E-state index contributed by atoms with van der Waals surface area (Å²) in [6.45, 7) is 30.9. The van der Waals surface area contributed by atoms with Crippen molar-refractivity contribution in [2.24, 2.45) is 0 Å². The molecule has 0 bridgehead atoms. The van der Waals surface area contributed by atoms with E-state index < -0.39 is 62.7 Å². The topological polar surface area (TPSA) is 117 Å². The van der Waals surface area contributed by atoms with Crippen molar-refractivity contribution in [3.05, 3.63) is 181 Å². The molecule has 1 heterocycles. The highest BCUT2D eigenvalue weighted by Gasteiger charge is 2.51. The average molecular weight is 1140 g/mol. The molecule has 1 aliphatic heterocycles. The van der Waals surface area contributed by atoms with Crippen LogP contribution in [0.5, 0.6) is 11.5 Å². The van der Waals surface area contributed by atoms with Crippen LogP contribution in [-0.4, -0.2) is 75.7 Å². The normalized spacial score (nSPS) is 17.0. The molecule has 0 N–H and O–H groups in total. The Hall–Kier alpha value is -4.71. The Bertz CT molecular complexity index is 2610. The van der Waals surface area contributed by atoms with Gasteiger partial charge < -0.3 is 27.5 Å². The van der Waals surface area contributed by atoms with Gasteiger partial charge >= 0.3 is 13.8 Å². The van der Waals surface area contributed by atoms with Crippen molar-refractivity contribution in [1.82, 2.24) is 0 Å². The van der Waals surface area contributed by atoms with Crippen LogP contribution >= 0.6 is 7.82 Å². The fourth-order valence-electron chi connectivity index (χ4n) is 8.56. The van der Waals surface area contributed by atoms with E-state index in [2.05, 4.69) is 155 Å². The third-order valence-corrected chi connectivity index (χ3v) is 30.6. The maximum Gasteiger partial charge on any atom is 0.475 e. The highest BCUT2D eigenvalue weighted by molar-refractivity contribution is 7.48. The van der Waals surface area contributed by atoms with Gasteiger partial charge in [0.2, 0.25) is 0 Å².